The van der Waals surface area contributed by atoms with Crippen molar-refractivity contribution in [1.29, 1.82) is 0 Å². The van der Waals surface area contributed by atoms with E-state index in [1.54, 1.807) is 12.1 Å². The Kier molecular flexibility index (Phi) is 6.81. The predicted octanol–water partition coefficient (Wildman–Crippen LogP) is 4.71. The van der Waals surface area contributed by atoms with Gasteiger partial charge < -0.3 is 4.57 Å². The molecule has 0 atom stereocenters. The first kappa shape index (κ1) is 17.9. The number of aryl methyl sites for hydroxylation is 1. The fraction of sp³-hybridized carbons (Fsp3) is 0.529. The van der Waals surface area contributed by atoms with E-state index < -0.39 is 0 Å². The third-order valence-corrected chi connectivity index (χ3v) is 4.65. The van der Waals surface area contributed by atoms with Crippen LogP contribution in [0.3, 0.4) is 0 Å². The van der Waals surface area contributed by atoms with Gasteiger partial charge in [0.15, 0.2) is 0 Å². The van der Waals surface area contributed by atoms with Gasteiger partial charge in [-0.1, -0.05) is 35.8 Å². The van der Waals surface area contributed by atoms with Crippen molar-refractivity contribution >= 4 is 39.0 Å². The van der Waals surface area contributed by atoms with Crippen molar-refractivity contribution in [3.8, 4) is 0 Å². The molecule has 0 fully saturated rings. The topological polar surface area (TPSA) is 20.2 Å². The van der Waals surface area contributed by atoms with Gasteiger partial charge in [0.05, 0.1) is 0 Å². The molecular formula is C17H26BrN3S. The number of aromatic nitrogens is 1. The highest BCUT2D eigenvalue weighted by molar-refractivity contribution is 9.10. The quantitative estimate of drug-likeness (QED) is 0.526. The van der Waals surface area contributed by atoms with Gasteiger partial charge in [0.2, 0.25) is 0 Å². The van der Waals surface area contributed by atoms with Gasteiger partial charge in [0, 0.05) is 46.8 Å². The number of nitrogens with zero attached hydrogens (tertiary/aromatic N) is 2. The number of nitrogens with one attached hydrogen (secondary N) is 1. The summed E-state index contributed by atoms with van der Waals surface area (Å²) >= 11 is 5.26. The first-order valence-corrected chi connectivity index (χ1v) is 9.38. The molecule has 0 saturated heterocycles. The molecule has 0 aliphatic carbocycles. The molecule has 2 rings (SSSR count). The summed E-state index contributed by atoms with van der Waals surface area (Å²) in [6.45, 7) is 6.63. The molecule has 22 heavy (non-hydrogen) atoms. The second-order valence-electron chi connectivity index (χ2n) is 6.26. The molecule has 0 unspecified atom stereocenters. The van der Waals surface area contributed by atoms with E-state index in [0.717, 1.165) is 30.4 Å². The van der Waals surface area contributed by atoms with Crippen LogP contribution in [0.25, 0.3) is 10.9 Å². The lowest BCUT2D eigenvalue weighted by Crippen LogP contribution is -2.14. The monoisotopic (exact) mass is 383 g/mol. The maximum atomic E-state index is 3.60. The van der Waals surface area contributed by atoms with E-state index in [4.69, 9.17) is 0 Å². The van der Waals surface area contributed by atoms with Crippen LogP contribution in [-0.4, -0.2) is 29.5 Å². The van der Waals surface area contributed by atoms with E-state index in [0.29, 0.717) is 5.92 Å². The maximum Gasteiger partial charge on any atom is 0.0494 e. The molecule has 1 N–H and O–H groups in total. The fourth-order valence-corrected chi connectivity index (χ4v) is 3.45. The molecule has 5 heteroatoms. The number of rotatable bonds is 8. The fourth-order valence-electron chi connectivity index (χ4n) is 2.61. The first-order chi connectivity index (χ1) is 10.5. The number of hydrogen-bond donors (Lipinski definition) is 1. The maximum absolute atomic E-state index is 3.60. The summed E-state index contributed by atoms with van der Waals surface area (Å²) in [5.41, 5.74) is 2.80. The number of halogens is 1. The summed E-state index contributed by atoms with van der Waals surface area (Å²) < 4.78 is 9.01. The predicted molar refractivity (Wildman–Crippen MR) is 102 cm³/mol. The molecule has 122 valence electrons. The lowest BCUT2D eigenvalue weighted by molar-refractivity contribution is 0.534. The van der Waals surface area contributed by atoms with Crippen molar-refractivity contribution in [2.24, 2.45) is 5.92 Å². The smallest absolute Gasteiger partial charge is 0.0494 e. The van der Waals surface area contributed by atoms with Gasteiger partial charge >= 0.3 is 0 Å². The highest BCUT2D eigenvalue weighted by atomic mass is 79.9. The summed E-state index contributed by atoms with van der Waals surface area (Å²) in [6.07, 6.45) is 4.61. The largest absolute Gasteiger partial charge is 0.347 e. The van der Waals surface area contributed by atoms with Crippen LogP contribution in [-0.2, 0) is 13.0 Å². The molecule has 1 aromatic heterocycles. The van der Waals surface area contributed by atoms with E-state index >= 15 is 0 Å². The Morgan fingerprint density at radius 2 is 2.09 bits per heavy atom. The van der Waals surface area contributed by atoms with Gasteiger partial charge in [0.1, 0.15) is 0 Å². The van der Waals surface area contributed by atoms with Gasteiger partial charge in [-0.3, -0.25) is 4.72 Å². The first-order valence-electron chi connectivity index (χ1n) is 7.81. The molecule has 1 heterocycles. The molecule has 0 amide bonds. The summed E-state index contributed by atoms with van der Waals surface area (Å²) in [4.78, 5) is 0. The minimum atomic E-state index is 0.653. The Balaban J connectivity index is 2.09. The molecule has 3 nitrogen and oxygen atoms in total. The third kappa shape index (κ3) is 5.01. The van der Waals surface area contributed by atoms with Crippen LogP contribution in [0.2, 0.25) is 0 Å². The van der Waals surface area contributed by atoms with Crippen molar-refractivity contribution in [2.45, 2.75) is 33.2 Å². The highest BCUT2D eigenvalue weighted by Gasteiger charge is 2.10. The van der Waals surface area contributed by atoms with E-state index in [2.05, 4.69) is 81.9 Å². The molecule has 0 aliphatic rings. The van der Waals surface area contributed by atoms with Crippen molar-refractivity contribution in [3.63, 3.8) is 0 Å². The summed E-state index contributed by atoms with van der Waals surface area (Å²) in [7, 11) is 4.10. The van der Waals surface area contributed by atoms with Crippen molar-refractivity contribution in [2.75, 3.05) is 20.6 Å². The standard InChI is InChI=1S/C17H26BrN3S/c1-13(2)11-21-12-14(6-5-9-19-22-20(3)4)16-8-7-15(18)10-17(16)21/h7-8,10,12-13,19H,5-6,9,11H2,1-4H3. The average molecular weight is 384 g/mol. The summed E-state index contributed by atoms with van der Waals surface area (Å²) in [6, 6.07) is 6.63. The molecule has 0 saturated carbocycles. The Labute approximate surface area is 146 Å². The lowest BCUT2D eigenvalue weighted by atomic mass is 10.1. The SMILES string of the molecule is CC(C)Cn1cc(CCCNSN(C)C)c2ccc(Br)cc21. The van der Waals surface area contributed by atoms with Gasteiger partial charge in [-0.05, 0) is 50.6 Å². The van der Waals surface area contributed by atoms with Crippen molar-refractivity contribution in [1.82, 2.24) is 13.6 Å². The Morgan fingerprint density at radius 3 is 2.77 bits per heavy atom. The number of fused-ring (bicyclic) bond motifs is 1. The normalized spacial score (nSPS) is 12.0. The molecule has 1 aromatic carbocycles. The van der Waals surface area contributed by atoms with E-state index in [-0.39, 0.29) is 0 Å². The van der Waals surface area contributed by atoms with Crippen LogP contribution < -0.4 is 4.72 Å². The van der Waals surface area contributed by atoms with E-state index in [1.165, 1.54) is 16.5 Å². The van der Waals surface area contributed by atoms with Crippen LogP contribution in [0.15, 0.2) is 28.9 Å². The Hall–Kier alpha value is -0.490. The highest BCUT2D eigenvalue weighted by Crippen LogP contribution is 2.26. The van der Waals surface area contributed by atoms with Crippen LogP contribution in [0.5, 0.6) is 0 Å². The minimum absolute atomic E-state index is 0.653. The summed E-state index contributed by atoms with van der Waals surface area (Å²) in [5, 5.41) is 1.39. The van der Waals surface area contributed by atoms with Crippen LogP contribution >= 0.6 is 28.1 Å². The minimum Gasteiger partial charge on any atom is -0.347 e. The summed E-state index contributed by atoms with van der Waals surface area (Å²) in [5.74, 6) is 0.653. The molecular weight excluding hydrogens is 358 g/mol. The third-order valence-electron chi connectivity index (χ3n) is 3.46. The van der Waals surface area contributed by atoms with E-state index in [9.17, 15) is 0 Å². The Bertz CT molecular complexity index is 607. The van der Waals surface area contributed by atoms with Crippen molar-refractivity contribution < 1.29 is 0 Å². The lowest BCUT2D eigenvalue weighted by Gasteiger charge is -2.08. The molecule has 0 aliphatic heterocycles. The second kappa shape index (κ2) is 8.39. The van der Waals surface area contributed by atoms with E-state index in [1.807, 2.05) is 0 Å². The zero-order valence-electron chi connectivity index (χ0n) is 13.9. The van der Waals surface area contributed by atoms with Crippen molar-refractivity contribution in [3.05, 3.63) is 34.4 Å². The van der Waals surface area contributed by atoms with Crippen LogP contribution in [0.1, 0.15) is 25.8 Å². The van der Waals surface area contributed by atoms with Crippen LogP contribution in [0, 0.1) is 5.92 Å². The second-order valence-corrected chi connectivity index (χ2v) is 8.38. The zero-order valence-corrected chi connectivity index (χ0v) is 16.3. The zero-order chi connectivity index (χ0) is 16.1. The van der Waals surface area contributed by atoms with Gasteiger partial charge in [-0.2, -0.15) is 0 Å². The Morgan fingerprint density at radius 1 is 1.32 bits per heavy atom. The van der Waals surface area contributed by atoms with Gasteiger partial charge in [-0.25, -0.2) is 4.31 Å². The van der Waals surface area contributed by atoms with Gasteiger partial charge in [-0.15, -0.1) is 0 Å². The number of hydrogen-bond acceptors (Lipinski definition) is 3. The van der Waals surface area contributed by atoms with Gasteiger partial charge in [0.25, 0.3) is 0 Å². The number of benzene rings is 1. The average Bonchev–Trinajstić information content (AvgIpc) is 2.75. The van der Waals surface area contributed by atoms with Crippen LogP contribution in [0.4, 0.5) is 0 Å². The molecule has 2 aromatic rings. The molecule has 0 bridgehead atoms. The molecule has 0 radical (unpaired) electrons. The molecule has 0 spiro atoms.